The number of likely N-dealkylation sites (tertiary alicyclic amines) is 1. The third kappa shape index (κ3) is 1.99. The third-order valence-corrected chi connectivity index (χ3v) is 2.62. The van der Waals surface area contributed by atoms with Gasteiger partial charge in [0, 0.05) is 12.0 Å². The molecule has 0 aromatic carbocycles. The van der Waals surface area contributed by atoms with Crippen molar-refractivity contribution in [3.05, 3.63) is 0 Å². The molecule has 1 aliphatic rings. The van der Waals surface area contributed by atoms with Gasteiger partial charge in [-0.2, -0.15) is 0 Å². The molecule has 0 spiro atoms. The van der Waals surface area contributed by atoms with Gasteiger partial charge in [0.15, 0.2) is 0 Å². The minimum atomic E-state index is -0.769. The van der Waals surface area contributed by atoms with Crippen molar-refractivity contribution < 1.29 is 9.90 Å². The predicted octanol–water partition coefficient (Wildman–Crippen LogP) is 1.66. The lowest BCUT2D eigenvalue weighted by molar-refractivity contribution is -0.142. The van der Waals surface area contributed by atoms with Crippen molar-refractivity contribution in [2.24, 2.45) is 0 Å². The van der Waals surface area contributed by atoms with Crippen molar-refractivity contribution in [3.8, 4) is 0 Å². The fraction of sp³-hybridized carbons (Fsp3) is 0.778. The first-order valence-corrected chi connectivity index (χ1v) is 4.80. The molecule has 1 fully saturated rings. The number of nitrogens with zero attached hydrogens (tertiary/aromatic N) is 1. The van der Waals surface area contributed by atoms with Crippen LogP contribution in [0.5, 0.6) is 0 Å². The van der Waals surface area contributed by atoms with Crippen LogP contribution in [0.25, 0.3) is 0 Å². The van der Waals surface area contributed by atoms with Crippen LogP contribution in [0.2, 0.25) is 0 Å². The molecule has 1 N–H and O–H groups in total. The Morgan fingerprint density at radius 2 is 2.15 bits per heavy atom. The maximum Gasteiger partial charge on any atom is 0.326 e. The molecule has 0 amide bonds. The normalized spacial score (nSPS) is 23.8. The van der Waals surface area contributed by atoms with Crippen molar-refractivity contribution in [2.45, 2.75) is 45.2 Å². The summed E-state index contributed by atoms with van der Waals surface area (Å²) in [4.78, 5) is 13.5. The van der Waals surface area contributed by atoms with E-state index >= 15 is 0 Å². The van der Waals surface area contributed by atoms with Gasteiger partial charge in [0.05, 0.1) is 4.99 Å². The first-order valence-electron chi connectivity index (χ1n) is 4.39. The standard InChI is InChI=1S/C9H15NO2S/c1-9(2,3)10-6(8(11)12)4-5-7(10)13/h6H,4-5H2,1-3H3,(H,11,12)/t6-/m0/s1. The summed E-state index contributed by atoms with van der Waals surface area (Å²) in [5.74, 6) is -0.769. The average Bonchev–Trinajstić information content (AvgIpc) is 2.28. The molecular formula is C9H15NO2S. The van der Waals surface area contributed by atoms with Crippen molar-refractivity contribution >= 4 is 23.2 Å². The minimum absolute atomic E-state index is 0.184. The van der Waals surface area contributed by atoms with E-state index in [0.717, 1.165) is 11.4 Å². The molecule has 13 heavy (non-hydrogen) atoms. The quantitative estimate of drug-likeness (QED) is 0.655. The topological polar surface area (TPSA) is 40.5 Å². The van der Waals surface area contributed by atoms with E-state index in [1.54, 1.807) is 0 Å². The Hall–Kier alpha value is -0.640. The SMILES string of the molecule is CC(C)(C)N1C(=S)CC[C@H]1C(=O)O. The number of carbonyl (C=O) groups is 1. The van der Waals surface area contributed by atoms with Crippen LogP contribution in [0.15, 0.2) is 0 Å². The Bertz CT molecular complexity index is 244. The van der Waals surface area contributed by atoms with Crippen LogP contribution in [-0.2, 0) is 4.79 Å². The molecule has 1 saturated heterocycles. The summed E-state index contributed by atoms with van der Waals surface area (Å²) in [5.41, 5.74) is -0.184. The second kappa shape index (κ2) is 3.25. The van der Waals surface area contributed by atoms with E-state index in [2.05, 4.69) is 0 Å². The zero-order chi connectivity index (χ0) is 10.2. The largest absolute Gasteiger partial charge is 0.480 e. The van der Waals surface area contributed by atoms with Crippen LogP contribution in [-0.4, -0.2) is 32.5 Å². The van der Waals surface area contributed by atoms with Crippen molar-refractivity contribution in [1.82, 2.24) is 4.90 Å². The molecule has 4 heteroatoms. The Labute approximate surface area is 83.7 Å². The van der Waals surface area contributed by atoms with Crippen molar-refractivity contribution in [1.29, 1.82) is 0 Å². The monoisotopic (exact) mass is 201 g/mol. The molecule has 0 aromatic heterocycles. The molecular weight excluding hydrogens is 186 g/mol. The first kappa shape index (κ1) is 10.4. The molecule has 0 saturated carbocycles. The van der Waals surface area contributed by atoms with E-state index in [1.807, 2.05) is 25.7 Å². The predicted molar refractivity (Wildman–Crippen MR) is 54.8 cm³/mol. The molecule has 1 atom stereocenters. The van der Waals surface area contributed by atoms with Gasteiger partial charge < -0.3 is 10.0 Å². The maximum absolute atomic E-state index is 10.9. The first-order chi connectivity index (χ1) is 5.84. The van der Waals surface area contributed by atoms with E-state index in [9.17, 15) is 4.79 Å². The molecule has 1 aliphatic heterocycles. The lowest BCUT2D eigenvalue weighted by atomic mass is 10.0. The Balaban J connectivity index is 2.90. The summed E-state index contributed by atoms with van der Waals surface area (Å²) in [5, 5.41) is 8.96. The Morgan fingerprint density at radius 3 is 2.46 bits per heavy atom. The Kier molecular flexibility index (Phi) is 2.61. The van der Waals surface area contributed by atoms with Crippen LogP contribution in [0, 0.1) is 0 Å². The van der Waals surface area contributed by atoms with Gasteiger partial charge in [-0.25, -0.2) is 4.79 Å². The maximum atomic E-state index is 10.9. The molecule has 0 bridgehead atoms. The van der Waals surface area contributed by atoms with Crippen LogP contribution >= 0.6 is 12.2 Å². The van der Waals surface area contributed by atoms with E-state index in [-0.39, 0.29) is 5.54 Å². The fourth-order valence-electron chi connectivity index (χ4n) is 1.76. The summed E-state index contributed by atoms with van der Waals surface area (Å²) in [6.45, 7) is 5.96. The van der Waals surface area contributed by atoms with E-state index in [1.165, 1.54) is 0 Å². The third-order valence-electron chi connectivity index (χ3n) is 2.22. The van der Waals surface area contributed by atoms with Crippen molar-refractivity contribution in [3.63, 3.8) is 0 Å². The highest BCUT2D eigenvalue weighted by atomic mass is 32.1. The number of aliphatic carboxylic acids is 1. The molecule has 1 heterocycles. The van der Waals surface area contributed by atoms with Crippen LogP contribution < -0.4 is 0 Å². The summed E-state index contributed by atoms with van der Waals surface area (Å²) < 4.78 is 0. The minimum Gasteiger partial charge on any atom is -0.480 e. The number of hydrogen-bond acceptors (Lipinski definition) is 2. The van der Waals surface area contributed by atoms with E-state index < -0.39 is 12.0 Å². The number of carboxylic acids is 1. The smallest absolute Gasteiger partial charge is 0.326 e. The highest BCUT2D eigenvalue weighted by Crippen LogP contribution is 2.28. The summed E-state index contributed by atoms with van der Waals surface area (Å²) in [6, 6.07) is -0.424. The number of rotatable bonds is 1. The van der Waals surface area contributed by atoms with Gasteiger partial charge in [-0.3, -0.25) is 0 Å². The average molecular weight is 201 g/mol. The summed E-state index contributed by atoms with van der Waals surface area (Å²) >= 11 is 5.15. The number of hydrogen-bond donors (Lipinski definition) is 1. The molecule has 0 aromatic rings. The zero-order valence-corrected chi connectivity index (χ0v) is 9.02. The molecule has 0 unspecified atom stereocenters. The highest BCUT2D eigenvalue weighted by molar-refractivity contribution is 7.80. The zero-order valence-electron chi connectivity index (χ0n) is 8.20. The summed E-state index contributed by atoms with van der Waals surface area (Å²) in [6.07, 6.45) is 1.37. The van der Waals surface area contributed by atoms with Gasteiger partial charge in [-0.1, -0.05) is 12.2 Å². The van der Waals surface area contributed by atoms with Gasteiger partial charge in [0.2, 0.25) is 0 Å². The Morgan fingerprint density at radius 1 is 1.62 bits per heavy atom. The second-order valence-electron chi connectivity index (χ2n) is 4.33. The van der Waals surface area contributed by atoms with Gasteiger partial charge in [0.1, 0.15) is 6.04 Å². The van der Waals surface area contributed by atoms with Gasteiger partial charge in [0.25, 0.3) is 0 Å². The molecule has 74 valence electrons. The van der Waals surface area contributed by atoms with E-state index in [4.69, 9.17) is 17.3 Å². The lowest BCUT2D eigenvalue weighted by Gasteiger charge is -2.36. The molecule has 0 aliphatic carbocycles. The van der Waals surface area contributed by atoms with E-state index in [0.29, 0.717) is 6.42 Å². The van der Waals surface area contributed by atoms with Crippen molar-refractivity contribution in [2.75, 3.05) is 0 Å². The number of thiocarbonyl (C=S) groups is 1. The molecule has 0 radical (unpaired) electrons. The van der Waals surface area contributed by atoms with Gasteiger partial charge in [-0.15, -0.1) is 0 Å². The fourth-order valence-corrected chi connectivity index (χ4v) is 2.28. The molecule has 3 nitrogen and oxygen atoms in total. The van der Waals surface area contributed by atoms with Crippen LogP contribution in [0.3, 0.4) is 0 Å². The second-order valence-corrected chi connectivity index (χ2v) is 4.80. The number of carboxylic acid groups (broad SMARTS) is 1. The molecule has 1 rings (SSSR count). The van der Waals surface area contributed by atoms with Gasteiger partial charge in [-0.05, 0) is 27.2 Å². The van der Waals surface area contributed by atoms with Crippen LogP contribution in [0.4, 0.5) is 0 Å². The van der Waals surface area contributed by atoms with Crippen LogP contribution in [0.1, 0.15) is 33.6 Å². The van der Waals surface area contributed by atoms with Gasteiger partial charge >= 0.3 is 5.97 Å². The lowest BCUT2D eigenvalue weighted by Crippen LogP contribution is -2.49. The summed E-state index contributed by atoms with van der Waals surface area (Å²) in [7, 11) is 0. The highest BCUT2D eigenvalue weighted by Gasteiger charge is 2.39.